The van der Waals surface area contributed by atoms with E-state index in [1.54, 1.807) is 28.6 Å². The van der Waals surface area contributed by atoms with Crippen LogP contribution in [0.1, 0.15) is 43.6 Å². The number of amides is 1. The first-order valence-corrected chi connectivity index (χ1v) is 16.7. The molecule has 5 rings (SSSR count). The number of aromatic nitrogens is 1. The number of likely N-dealkylation sites (tertiary alicyclic amines) is 1. The second-order valence-electron chi connectivity index (χ2n) is 11.9. The summed E-state index contributed by atoms with van der Waals surface area (Å²) < 4.78 is 49.3. The van der Waals surface area contributed by atoms with Crippen LogP contribution in [0.25, 0.3) is 11.3 Å². The Labute approximate surface area is 252 Å². The molecule has 2 saturated heterocycles. The molecule has 1 N–H and O–H groups in total. The van der Waals surface area contributed by atoms with E-state index in [0.717, 1.165) is 35.4 Å². The van der Waals surface area contributed by atoms with Gasteiger partial charge < -0.3 is 10.1 Å². The molecule has 8 nitrogen and oxygen atoms in total. The molecule has 42 heavy (non-hydrogen) atoms. The van der Waals surface area contributed by atoms with Crippen LogP contribution in [0.2, 0.25) is 0 Å². The minimum atomic E-state index is -3.73. The third-order valence-electron chi connectivity index (χ3n) is 7.95. The molecule has 11 heteroatoms. The highest BCUT2D eigenvalue weighted by Gasteiger charge is 2.47. The minimum Gasteiger partial charge on any atom is -0.371 e. The van der Waals surface area contributed by atoms with Crippen molar-refractivity contribution >= 4 is 32.4 Å². The van der Waals surface area contributed by atoms with E-state index < -0.39 is 15.6 Å². The Morgan fingerprint density at radius 2 is 1.86 bits per heavy atom. The Balaban J connectivity index is 1.28. The first kappa shape index (κ1) is 30.7. The number of anilines is 1. The molecule has 0 aliphatic carbocycles. The van der Waals surface area contributed by atoms with Crippen molar-refractivity contribution in [3.63, 3.8) is 0 Å². The van der Waals surface area contributed by atoms with Crippen LogP contribution in [0.5, 0.6) is 0 Å². The molecule has 0 bridgehead atoms. The van der Waals surface area contributed by atoms with Crippen molar-refractivity contribution in [1.29, 1.82) is 0 Å². The first-order valence-electron chi connectivity index (χ1n) is 14.4. The van der Waals surface area contributed by atoms with Crippen molar-refractivity contribution < 1.29 is 22.3 Å². The molecule has 1 aromatic heterocycles. The molecule has 2 aliphatic rings. The van der Waals surface area contributed by atoms with E-state index in [9.17, 15) is 17.6 Å². The number of piperidine rings is 1. The number of aryl methyl sites for hydroxylation is 2. The fourth-order valence-electron chi connectivity index (χ4n) is 5.93. The Bertz CT molecular complexity index is 1510. The first-order chi connectivity index (χ1) is 19.9. The molecule has 1 spiro atoms. The van der Waals surface area contributed by atoms with Gasteiger partial charge in [-0.2, -0.15) is 4.31 Å². The van der Waals surface area contributed by atoms with Gasteiger partial charge in [0, 0.05) is 29.6 Å². The number of thiazole rings is 1. The van der Waals surface area contributed by atoms with Crippen LogP contribution in [0, 0.1) is 25.6 Å². The van der Waals surface area contributed by atoms with E-state index in [0.29, 0.717) is 41.2 Å². The summed E-state index contributed by atoms with van der Waals surface area (Å²) in [5.74, 6) is -0.190. The molecule has 1 amide bonds. The van der Waals surface area contributed by atoms with Crippen LogP contribution >= 0.6 is 11.3 Å². The number of nitrogens with zero attached hydrogens (tertiary/aromatic N) is 3. The van der Waals surface area contributed by atoms with E-state index >= 15 is 0 Å². The zero-order valence-corrected chi connectivity index (χ0v) is 26.2. The zero-order chi connectivity index (χ0) is 30.1. The second-order valence-corrected chi connectivity index (χ2v) is 15.0. The molecule has 1 unspecified atom stereocenters. The predicted octanol–water partition coefficient (Wildman–Crippen LogP) is 5.47. The lowest BCUT2D eigenvalue weighted by molar-refractivity contribution is -0.146. The van der Waals surface area contributed by atoms with Crippen molar-refractivity contribution in [2.45, 2.75) is 63.5 Å². The summed E-state index contributed by atoms with van der Waals surface area (Å²) in [7, 11) is -3.73. The summed E-state index contributed by atoms with van der Waals surface area (Å²) in [5, 5.41) is 3.41. The molecule has 3 aromatic rings. The monoisotopic (exact) mass is 614 g/mol. The number of carbonyl (C=O) groups excluding carboxylic acids is 1. The van der Waals surface area contributed by atoms with Gasteiger partial charge in [0.2, 0.25) is 15.9 Å². The smallest absolute Gasteiger partial charge is 0.243 e. The van der Waals surface area contributed by atoms with Gasteiger partial charge in [-0.3, -0.25) is 9.69 Å². The zero-order valence-electron chi connectivity index (χ0n) is 24.6. The van der Waals surface area contributed by atoms with Crippen LogP contribution in [0.4, 0.5) is 9.52 Å². The van der Waals surface area contributed by atoms with E-state index in [1.807, 2.05) is 30.9 Å². The van der Waals surface area contributed by atoms with E-state index in [-0.39, 0.29) is 30.9 Å². The fraction of sp³-hybridized carbons (Fsp3) is 0.484. The van der Waals surface area contributed by atoms with Crippen LogP contribution in [0.3, 0.4) is 0 Å². The van der Waals surface area contributed by atoms with Gasteiger partial charge in [-0.15, -0.1) is 11.3 Å². The Hall–Kier alpha value is -2.70. The number of benzene rings is 2. The highest BCUT2D eigenvalue weighted by atomic mass is 32.2. The van der Waals surface area contributed by atoms with Gasteiger partial charge in [-0.1, -0.05) is 31.5 Å². The summed E-state index contributed by atoms with van der Waals surface area (Å²) in [6, 6.07) is 12.9. The van der Waals surface area contributed by atoms with Crippen LogP contribution in [-0.2, 0) is 19.6 Å². The number of ether oxygens (including phenoxy) is 1. The number of hydrogen-bond acceptors (Lipinski definition) is 7. The largest absolute Gasteiger partial charge is 0.371 e. The van der Waals surface area contributed by atoms with Crippen LogP contribution in [-0.4, -0.2) is 72.9 Å². The molecule has 3 heterocycles. The van der Waals surface area contributed by atoms with E-state index in [4.69, 9.17) is 4.74 Å². The maximum atomic E-state index is 13.9. The molecular formula is C31H39FN4O4S2. The van der Waals surface area contributed by atoms with Gasteiger partial charge in [0.25, 0.3) is 0 Å². The quantitative estimate of drug-likeness (QED) is 0.362. The maximum Gasteiger partial charge on any atom is 0.243 e. The summed E-state index contributed by atoms with van der Waals surface area (Å²) in [6.07, 6.45) is 2.23. The third-order valence-corrected chi connectivity index (χ3v) is 10.7. The van der Waals surface area contributed by atoms with Gasteiger partial charge in [-0.05, 0) is 82.0 Å². The van der Waals surface area contributed by atoms with Crippen molar-refractivity contribution in [2.24, 2.45) is 5.92 Å². The van der Waals surface area contributed by atoms with Crippen molar-refractivity contribution in [2.75, 3.05) is 38.1 Å². The van der Waals surface area contributed by atoms with Crippen LogP contribution < -0.4 is 5.32 Å². The summed E-state index contributed by atoms with van der Waals surface area (Å²) in [6.45, 7) is 9.96. The summed E-state index contributed by atoms with van der Waals surface area (Å²) in [5.41, 5.74) is 1.83. The molecule has 2 atom stereocenters. The molecule has 0 radical (unpaired) electrons. The summed E-state index contributed by atoms with van der Waals surface area (Å²) >= 11 is 1.38. The fourth-order valence-corrected chi connectivity index (χ4v) is 8.48. The van der Waals surface area contributed by atoms with Gasteiger partial charge in [0.15, 0.2) is 5.13 Å². The number of morpholine rings is 1. The van der Waals surface area contributed by atoms with Gasteiger partial charge in [-0.25, -0.2) is 17.8 Å². The number of nitrogens with one attached hydrogen (secondary N) is 1. The Morgan fingerprint density at radius 1 is 1.14 bits per heavy atom. The minimum absolute atomic E-state index is 0.149. The number of hydrogen-bond donors (Lipinski definition) is 1. The third kappa shape index (κ3) is 6.92. The Morgan fingerprint density at radius 3 is 2.55 bits per heavy atom. The van der Waals surface area contributed by atoms with Crippen molar-refractivity contribution in [3.05, 3.63) is 64.8 Å². The second kappa shape index (κ2) is 12.5. The Kier molecular flexibility index (Phi) is 9.15. The van der Waals surface area contributed by atoms with Gasteiger partial charge >= 0.3 is 0 Å². The van der Waals surface area contributed by atoms with Crippen molar-refractivity contribution in [1.82, 2.24) is 14.2 Å². The molecule has 2 fully saturated rings. The number of halogens is 1. The topological polar surface area (TPSA) is 91.8 Å². The van der Waals surface area contributed by atoms with Gasteiger partial charge in [0.1, 0.15) is 5.82 Å². The molecule has 2 aliphatic heterocycles. The van der Waals surface area contributed by atoms with Crippen molar-refractivity contribution in [3.8, 4) is 11.3 Å². The SMILES string of the molecule is Cc1ccc(S(=O)(=O)N2CC3(CCCN(CC(=O)Nc4nc(-c5ccc(F)cc5)c(C)s4)C3)OC[C@@H]2CC(C)C)cc1. The standard InChI is InChI=1S/C31H39FN4O4S2/c1-21(2)16-26-18-40-31(20-36(26)42(38,39)27-12-6-22(3)7-13-27)14-5-15-35(19-31)17-28(37)33-30-34-29(23(4)41-30)24-8-10-25(32)11-9-24/h6-13,21,26H,5,14-20H2,1-4H3,(H,33,34,37)/t26-,31?/m0/s1. The lowest BCUT2D eigenvalue weighted by Gasteiger charge is -2.50. The van der Waals surface area contributed by atoms with E-state index in [2.05, 4.69) is 24.1 Å². The lowest BCUT2D eigenvalue weighted by Crippen LogP contribution is -2.64. The van der Waals surface area contributed by atoms with Crippen LogP contribution in [0.15, 0.2) is 53.4 Å². The normalized spacial score (nSPS) is 22.1. The molecular weight excluding hydrogens is 575 g/mol. The molecule has 226 valence electrons. The highest BCUT2D eigenvalue weighted by molar-refractivity contribution is 7.89. The van der Waals surface area contributed by atoms with E-state index in [1.165, 1.54) is 23.5 Å². The maximum absolute atomic E-state index is 13.9. The predicted molar refractivity (Wildman–Crippen MR) is 164 cm³/mol. The average molecular weight is 615 g/mol. The molecule has 2 aromatic carbocycles. The molecule has 0 saturated carbocycles. The average Bonchev–Trinajstić information content (AvgIpc) is 3.29. The number of sulfonamides is 1. The summed E-state index contributed by atoms with van der Waals surface area (Å²) in [4.78, 5) is 20.9. The van der Waals surface area contributed by atoms with Gasteiger partial charge in [0.05, 0.1) is 29.3 Å². The number of carbonyl (C=O) groups is 1. The highest BCUT2D eigenvalue weighted by Crippen LogP contribution is 2.36. The lowest BCUT2D eigenvalue weighted by atomic mass is 9.89. The number of rotatable bonds is 8.